The largest absolute Gasteiger partial charge is 0.490 e. The van der Waals surface area contributed by atoms with E-state index >= 15 is 0 Å². The molecule has 3 aromatic carbocycles. The van der Waals surface area contributed by atoms with Crippen LogP contribution in [0.25, 0.3) is 6.08 Å². The van der Waals surface area contributed by atoms with Crippen LogP contribution in [0.5, 0.6) is 17.2 Å². The highest BCUT2D eigenvalue weighted by atomic mass is 35.5. The molecule has 0 bridgehead atoms. The molecule has 3 amide bonds. The fourth-order valence-electron chi connectivity index (χ4n) is 3.81. The summed E-state index contributed by atoms with van der Waals surface area (Å²) < 4.78 is 50.3. The summed E-state index contributed by atoms with van der Waals surface area (Å²) in [6, 6.07) is 11.0. The number of ether oxygens (including phenoxy) is 2. The maximum absolute atomic E-state index is 13.1. The molecule has 0 atom stereocenters. The lowest BCUT2D eigenvalue weighted by atomic mass is 10.1. The first-order valence-electron chi connectivity index (χ1n) is 12.4. The highest BCUT2D eigenvalue weighted by Crippen LogP contribution is 2.41. The topological polar surface area (TPSA) is 128 Å². The number of benzene rings is 3. The van der Waals surface area contributed by atoms with E-state index in [1.807, 2.05) is 0 Å². The predicted molar refractivity (Wildman–Crippen MR) is 153 cm³/mol. The van der Waals surface area contributed by atoms with Gasteiger partial charge in [-0.2, -0.15) is 13.2 Å². The summed E-state index contributed by atoms with van der Waals surface area (Å²) in [5.74, 6) is -1.73. The zero-order chi connectivity index (χ0) is 31.5. The lowest BCUT2D eigenvalue weighted by molar-refractivity contribution is -0.385. The Hall–Kier alpha value is -4.56. The van der Waals surface area contributed by atoms with Gasteiger partial charge in [0.2, 0.25) is 11.7 Å². The third-order valence-electron chi connectivity index (χ3n) is 5.90. The first-order valence-corrected chi connectivity index (χ1v) is 13.6. The number of nitro benzene ring substituents is 1. The number of thioether (sulfide) groups is 1. The summed E-state index contributed by atoms with van der Waals surface area (Å²) in [4.78, 5) is 49.2. The van der Waals surface area contributed by atoms with E-state index in [4.69, 9.17) is 21.1 Å². The van der Waals surface area contributed by atoms with Gasteiger partial charge < -0.3 is 14.8 Å². The molecular formula is C28H21ClF3N3O7S. The molecule has 0 unspecified atom stereocenters. The van der Waals surface area contributed by atoms with E-state index in [-0.39, 0.29) is 23.0 Å². The first kappa shape index (κ1) is 31.4. The van der Waals surface area contributed by atoms with Crippen LogP contribution in [0.1, 0.15) is 23.6 Å². The van der Waals surface area contributed by atoms with Crippen molar-refractivity contribution in [2.45, 2.75) is 20.0 Å². The quantitative estimate of drug-likeness (QED) is 0.146. The van der Waals surface area contributed by atoms with E-state index in [9.17, 15) is 37.7 Å². The molecule has 1 aliphatic rings. The number of nitro groups is 1. The Labute approximate surface area is 251 Å². The molecule has 1 saturated heterocycles. The van der Waals surface area contributed by atoms with Gasteiger partial charge in [0.1, 0.15) is 6.54 Å². The Morgan fingerprint density at radius 1 is 1.09 bits per heavy atom. The van der Waals surface area contributed by atoms with Crippen LogP contribution in [-0.2, 0) is 15.8 Å². The Morgan fingerprint density at radius 3 is 2.47 bits per heavy atom. The molecule has 1 fully saturated rings. The highest BCUT2D eigenvalue weighted by molar-refractivity contribution is 8.18. The van der Waals surface area contributed by atoms with Crippen molar-refractivity contribution in [3.63, 3.8) is 0 Å². The SMILES string of the molecule is CCOc1cc(/C=C2/SC(=O)N(CC(=O)Nc3ccc(C)c(Cl)c3)C2=O)ccc1Oc1ccc(C(F)(F)F)cc1[N+](=O)[O-]. The summed E-state index contributed by atoms with van der Waals surface area (Å²) in [7, 11) is 0. The highest BCUT2D eigenvalue weighted by Gasteiger charge is 2.36. The zero-order valence-corrected chi connectivity index (χ0v) is 23.9. The van der Waals surface area contributed by atoms with Gasteiger partial charge in [-0.15, -0.1) is 0 Å². The van der Waals surface area contributed by atoms with Crippen molar-refractivity contribution in [1.29, 1.82) is 0 Å². The van der Waals surface area contributed by atoms with Crippen LogP contribution in [0, 0.1) is 17.0 Å². The lowest BCUT2D eigenvalue weighted by Crippen LogP contribution is -2.36. The maximum atomic E-state index is 13.1. The summed E-state index contributed by atoms with van der Waals surface area (Å²) in [6.07, 6.45) is -3.41. The molecule has 3 aromatic rings. The molecule has 0 saturated carbocycles. The number of rotatable bonds is 9. The van der Waals surface area contributed by atoms with E-state index in [1.54, 1.807) is 32.0 Å². The Morgan fingerprint density at radius 2 is 1.81 bits per heavy atom. The summed E-state index contributed by atoms with van der Waals surface area (Å²) in [5.41, 5.74) is -0.524. The number of hydrogen-bond acceptors (Lipinski definition) is 8. The molecule has 0 aliphatic carbocycles. The number of carbonyl (C=O) groups is 3. The number of anilines is 1. The molecule has 15 heteroatoms. The number of halogens is 4. The summed E-state index contributed by atoms with van der Waals surface area (Å²) in [6.45, 7) is 3.05. The van der Waals surface area contributed by atoms with E-state index in [2.05, 4.69) is 5.32 Å². The predicted octanol–water partition coefficient (Wildman–Crippen LogP) is 7.44. The van der Waals surface area contributed by atoms with Crippen LogP contribution in [0.2, 0.25) is 5.02 Å². The molecule has 1 aliphatic heterocycles. The van der Waals surface area contributed by atoms with Crippen molar-refractivity contribution in [2.75, 3.05) is 18.5 Å². The second-order valence-corrected chi connectivity index (χ2v) is 10.4. The normalized spacial score (nSPS) is 14.3. The summed E-state index contributed by atoms with van der Waals surface area (Å²) in [5, 5.41) is 13.8. The minimum atomic E-state index is -4.79. The molecule has 1 heterocycles. The number of amides is 3. The van der Waals surface area contributed by atoms with Crippen LogP contribution in [-0.4, -0.2) is 40.0 Å². The van der Waals surface area contributed by atoms with Gasteiger partial charge in [0, 0.05) is 16.8 Å². The van der Waals surface area contributed by atoms with Gasteiger partial charge in [-0.05, 0) is 79.2 Å². The minimum Gasteiger partial charge on any atom is -0.490 e. The van der Waals surface area contributed by atoms with Crippen molar-refractivity contribution in [3.8, 4) is 17.2 Å². The van der Waals surface area contributed by atoms with Crippen molar-refractivity contribution in [1.82, 2.24) is 4.90 Å². The van der Waals surface area contributed by atoms with Gasteiger partial charge in [-0.1, -0.05) is 23.7 Å². The standard InChI is InChI=1S/C28H21ClF3N3O7S/c1-3-41-23-10-16(5-8-22(23)42-21-9-6-17(28(30,31)32)12-20(21)35(39)40)11-24-26(37)34(27(38)43-24)14-25(36)33-18-7-4-15(2)19(29)13-18/h4-13H,3,14H2,1-2H3,(H,33,36)/b24-11+. The van der Waals surface area contributed by atoms with Crippen molar-refractivity contribution in [3.05, 3.63) is 91.3 Å². The third-order valence-corrected chi connectivity index (χ3v) is 7.21. The van der Waals surface area contributed by atoms with Crippen molar-refractivity contribution >= 4 is 57.9 Å². The van der Waals surface area contributed by atoms with Crippen LogP contribution in [0.4, 0.5) is 29.3 Å². The first-order chi connectivity index (χ1) is 20.3. The van der Waals surface area contributed by atoms with Crippen LogP contribution in [0.3, 0.4) is 0 Å². The molecule has 1 N–H and O–H groups in total. The molecule has 0 spiro atoms. The lowest BCUT2D eigenvalue weighted by Gasteiger charge is -2.14. The molecule has 0 radical (unpaired) electrons. The van der Waals surface area contributed by atoms with E-state index < -0.39 is 51.7 Å². The molecule has 4 rings (SSSR count). The number of alkyl halides is 3. The third kappa shape index (κ3) is 7.45. The van der Waals surface area contributed by atoms with E-state index in [1.165, 1.54) is 24.3 Å². The monoisotopic (exact) mass is 635 g/mol. The number of imide groups is 1. The van der Waals surface area contributed by atoms with Crippen LogP contribution >= 0.6 is 23.4 Å². The fourth-order valence-corrected chi connectivity index (χ4v) is 4.83. The van der Waals surface area contributed by atoms with Gasteiger partial charge in [-0.25, -0.2) is 0 Å². The van der Waals surface area contributed by atoms with E-state index in [0.29, 0.717) is 40.2 Å². The molecule has 0 aromatic heterocycles. The van der Waals surface area contributed by atoms with Crippen LogP contribution < -0.4 is 14.8 Å². The molecular weight excluding hydrogens is 615 g/mol. The Bertz CT molecular complexity index is 1660. The van der Waals surface area contributed by atoms with Gasteiger partial charge >= 0.3 is 11.9 Å². The van der Waals surface area contributed by atoms with Gasteiger partial charge in [0.05, 0.1) is 22.0 Å². The van der Waals surface area contributed by atoms with Crippen molar-refractivity contribution < 1.29 is 42.0 Å². The van der Waals surface area contributed by atoms with Gasteiger partial charge in [0.25, 0.3) is 11.1 Å². The van der Waals surface area contributed by atoms with Crippen molar-refractivity contribution in [2.24, 2.45) is 0 Å². The number of hydrogen-bond donors (Lipinski definition) is 1. The number of nitrogens with zero attached hydrogens (tertiary/aromatic N) is 2. The second kappa shape index (κ2) is 12.8. The number of nitrogens with one attached hydrogen (secondary N) is 1. The summed E-state index contributed by atoms with van der Waals surface area (Å²) >= 11 is 6.69. The maximum Gasteiger partial charge on any atom is 0.416 e. The average molecular weight is 636 g/mol. The minimum absolute atomic E-state index is 0.0191. The Kier molecular flexibility index (Phi) is 9.30. The zero-order valence-electron chi connectivity index (χ0n) is 22.4. The second-order valence-electron chi connectivity index (χ2n) is 8.96. The number of aryl methyl sites for hydroxylation is 1. The Balaban J connectivity index is 1.53. The fraction of sp³-hybridized carbons (Fsp3) is 0.179. The van der Waals surface area contributed by atoms with E-state index in [0.717, 1.165) is 16.5 Å². The van der Waals surface area contributed by atoms with Gasteiger partial charge in [0.15, 0.2) is 11.5 Å². The molecule has 224 valence electrons. The van der Waals surface area contributed by atoms with Crippen LogP contribution in [0.15, 0.2) is 59.5 Å². The van der Waals surface area contributed by atoms with Gasteiger partial charge in [-0.3, -0.25) is 29.4 Å². The average Bonchev–Trinajstić information content (AvgIpc) is 3.19. The molecule has 43 heavy (non-hydrogen) atoms. The molecule has 10 nitrogen and oxygen atoms in total. The smallest absolute Gasteiger partial charge is 0.416 e. The number of carbonyl (C=O) groups excluding carboxylic acids is 3.